The van der Waals surface area contributed by atoms with Crippen LogP contribution in [-0.4, -0.2) is 11.4 Å². The van der Waals surface area contributed by atoms with Gasteiger partial charge in [-0.3, -0.25) is 9.69 Å². The van der Waals surface area contributed by atoms with Crippen molar-refractivity contribution in [3.8, 4) is 0 Å². The molecule has 140 valence electrons. The molecule has 1 heterocycles. The SMILES string of the molecule is O=CN(c1ccc(C(F)(F)F)cc1)c1cnc(Cc2c(Cl)cccc2Cl)s1. The number of nitrogens with zero attached hydrogens (tertiary/aromatic N) is 2. The minimum absolute atomic E-state index is 0.309. The number of hydrogen-bond donors (Lipinski definition) is 0. The molecule has 1 aromatic heterocycles. The maximum atomic E-state index is 12.7. The number of aromatic nitrogens is 1. The molecule has 9 heteroatoms. The third kappa shape index (κ3) is 4.43. The molecule has 0 saturated carbocycles. The zero-order valence-electron chi connectivity index (χ0n) is 13.5. The highest BCUT2D eigenvalue weighted by Crippen LogP contribution is 2.35. The molecule has 3 nitrogen and oxygen atoms in total. The molecule has 0 aliphatic carbocycles. The molecule has 0 aliphatic heterocycles. The van der Waals surface area contributed by atoms with Crippen LogP contribution in [0.3, 0.4) is 0 Å². The van der Waals surface area contributed by atoms with Crippen molar-refractivity contribution in [2.45, 2.75) is 12.6 Å². The van der Waals surface area contributed by atoms with Gasteiger partial charge >= 0.3 is 6.18 Å². The first-order chi connectivity index (χ1) is 12.8. The average Bonchev–Trinajstić information content (AvgIpc) is 3.07. The fourth-order valence-corrected chi connectivity index (χ4v) is 3.84. The molecular formula is C18H11Cl2F3N2OS. The number of thiazole rings is 1. The number of carbonyl (C=O) groups excluding carboxylic acids is 1. The minimum atomic E-state index is -4.43. The summed E-state index contributed by atoms with van der Waals surface area (Å²) < 4.78 is 38.1. The summed E-state index contributed by atoms with van der Waals surface area (Å²) in [6.45, 7) is 0. The summed E-state index contributed by atoms with van der Waals surface area (Å²) >= 11 is 13.5. The Hall–Kier alpha value is -2.09. The molecule has 0 bridgehead atoms. The molecule has 2 aromatic carbocycles. The van der Waals surface area contributed by atoms with Gasteiger partial charge < -0.3 is 0 Å². The van der Waals surface area contributed by atoms with Crippen LogP contribution in [-0.2, 0) is 17.4 Å². The van der Waals surface area contributed by atoms with E-state index in [0.717, 1.165) is 12.1 Å². The van der Waals surface area contributed by atoms with E-state index in [4.69, 9.17) is 23.2 Å². The quantitative estimate of drug-likeness (QED) is 0.441. The van der Waals surface area contributed by atoms with Crippen LogP contribution in [0.2, 0.25) is 10.0 Å². The van der Waals surface area contributed by atoms with Crippen molar-refractivity contribution in [3.05, 3.63) is 74.8 Å². The van der Waals surface area contributed by atoms with Crippen LogP contribution in [0.15, 0.2) is 48.7 Å². The number of anilines is 2. The molecule has 0 spiro atoms. The van der Waals surface area contributed by atoms with Gasteiger partial charge in [0.25, 0.3) is 0 Å². The molecule has 0 N–H and O–H groups in total. The van der Waals surface area contributed by atoms with Crippen molar-refractivity contribution in [2.75, 3.05) is 4.90 Å². The van der Waals surface area contributed by atoms with Gasteiger partial charge in [0.15, 0.2) is 0 Å². The van der Waals surface area contributed by atoms with E-state index in [9.17, 15) is 18.0 Å². The number of amides is 1. The van der Waals surface area contributed by atoms with E-state index in [2.05, 4.69) is 4.98 Å². The molecule has 1 amide bonds. The number of alkyl halides is 3. The summed E-state index contributed by atoms with van der Waals surface area (Å²) in [7, 11) is 0. The monoisotopic (exact) mass is 430 g/mol. The van der Waals surface area contributed by atoms with Crippen LogP contribution < -0.4 is 4.90 Å². The Labute approximate surface area is 167 Å². The van der Waals surface area contributed by atoms with Gasteiger partial charge in [-0.15, -0.1) is 11.3 Å². The normalized spacial score (nSPS) is 11.4. The van der Waals surface area contributed by atoms with Gasteiger partial charge in [0.2, 0.25) is 6.41 Å². The van der Waals surface area contributed by atoms with E-state index >= 15 is 0 Å². The first-order valence-electron chi connectivity index (χ1n) is 7.59. The van der Waals surface area contributed by atoms with E-state index < -0.39 is 11.7 Å². The second-order valence-corrected chi connectivity index (χ2v) is 7.40. The third-order valence-corrected chi connectivity index (χ3v) is 5.45. The predicted molar refractivity (Wildman–Crippen MR) is 101 cm³/mol. The first-order valence-corrected chi connectivity index (χ1v) is 9.16. The van der Waals surface area contributed by atoms with E-state index in [1.807, 2.05) is 0 Å². The number of carbonyl (C=O) groups is 1. The van der Waals surface area contributed by atoms with E-state index in [-0.39, 0.29) is 0 Å². The molecule has 0 atom stereocenters. The fraction of sp³-hybridized carbons (Fsp3) is 0.111. The van der Waals surface area contributed by atoms with Crippen LogP contribution in [0, 0.1) is 0 Å². The third-order valence-electron chi connectivity index (χ3n) is 3.75. The maximum absolute atomic E-state index is 12.7. The number of rotatable bonds is 5. The lowest BCUT2D eigenvalue weighted by Gasteiger charge is -2.15. The van der Waals surface area contributed by atoms with Crippen molar-refractivity contribution < 1.29 is 18.0 Å². The second kappa shape index (κ2) is 7.88. The van der Waals surface area contributed by atoms with Crippen molar-refractivity contribution in [1.29, 1.82) is 0 Å². The number of benzene rings is 2. The van der Waals surface area contributed by atoms with E-state index in [1.54, 1.807) is 18.2 Å². The van der Waals surface area contributed by atoms with Crippen LogP contribution in [0.1, 0.15) is 16.1 Å². The summed E-state index contributed by atoms with van der Waals surface area (Å²) in [6, 6.07) is 9.51. The van der Waals surface area contributed by atoms with Crippen LogP contribution in [0.4, 0.5) is 23.9 Å². The predicted octanol–water partition coefficient (Wildman–Crippen LogP) is 6.35. The molecule has 0 aliphatic rings. The minimum Gasteiger partial charge on any atom is -0.278 e. The lowest BCUT2D eigenvalue weighted by molar-refractivity contribution is -0.137. The van der Waals surface area contributed by atoms with Gasteiger partial charge in [0.1, 0.15) is 5.00 Å². The summed E-state index contributed by atoms with van der Waals surface area (Å²) in [5.74, 6) is 0. The Kier molecular flexibility index (Phi) is 5.74. The van der Waals surface area contributed by atoms with Crippen molar-refractivity contribution >= 4 is 51.6 Å². The highest BCUT2D eigenvalue weighted by atomic mass is 35.5. The van der Waals surface area contributed by atoms with Gasteiger partial charge in [-0.05, 0) is 42.0 Å². The van der Waals surface area contributed by atoms with Gasteiger partial charge in [-0.2, -0.15) is 13.2 Å². The van der Waals surface area contributed by atoms with Gasteiger partial charge in [-0.1, -0.05) is 29.3 Å². The highest BCUT2D eigenvalue weighted by Gasteiger charge is 2.30. The Balaban J connectivity index is 1.84. The topological polar surface area (TPSA) is 33.2 Å². The smallest absolute Gasteiger partial charge is 0.278 e. The number of hydrogen-bond acceptors (Lipinski definition) is 3. The van der Waals surface area contributed by atoms with Gasteiger partial charge in [-0.25, -0.2) is 4.98 Å². The summed E-state index contributed by atoms with van der Waals surface area (Å²) in [5, 5.41) is 2.16. The summed E-state index contributed by atoms with van der Waals surface area (Å²) in [5.41, 5.74) is 0.244. The summed E-state index contributed by atoms with van der Waals surface area (Å²) in [4.78, 5) is 17.0. The molecule has 0 saturated heterocycles. The molecular weight excluding hydrogens is 420 g/mol. The zero-order valence-corrected chi connectivity index (χ0v) is 15.8. The fourth-order valence-electron chi connectivity index (χ4n) is 2.40. The standard InChI is InChI=1S/C18H11Cl2F3N2OS/c19-14-2-1-3-15(20)13(14)8-16-24-9-17(27-16)25(10-26)12-6-4-11(5-7-12)18(21,22)23/h1-7,9-10H,8H2. The number of halogens is 5. The molecule has 27 heavy (non-hydrogen) atoms. The first kappa shape index (κ1) is 19.7. The van der Waals surface area contributed by atoms with Crippen LogP contribution in [0.5, 0.6) is 0 Å². The zero-order chi connectivity index (χ0) is 19.6. The molecule has 0 fully saturated rings. The highest BCUT2D eigenvalue weighted by molar-refractivity contribution is 7.16. The van der Waals surface area contributed by atoms with Crippen molar-refractivity contribution in [1.82, 2.24) is 4.98 Å². The van der Waals surface area contributed by atoms with E-state index in [1.165, 1.54) is 34.6 Å². The molecule has 3 rings (SSSR count). The summed E-state index contributed by atoms with van der Waals surface area (Å²) in [6.07, 6.45) is -2.04. The lowest BCUT2D eigenvalue weighted by Crippen LogP contribution is -2.13. The largest absolute Gasteiger partial charge is 0.416 e. The second-order valence-electron chi connectivity index (χ2n) is 5.49. The lowest BCUT2D eigenvalue weighted by atomic mass is 10.1. The van der Waals surface area contributed by atoms with E-state index in [0.29, 0.717) is 44.1 Å². The Morgan fingerprint density at radius 1 is 1.07 bits per heavy atom. The van der Waals surface area contributed by atoms with Crippen LogP contribution in [0.25, 0.3) is 0 Å². The molecule has 0 radical (unpaired) electrons. The van der Waals surface area contributed by atoms with Crippen molar-refractivity contribution in [3.63, 3.8) is 0 Å². The maximum Gasteiger partial charge on any atom is 0.416 e. The van der Waals surface area contributed by atoms with Crippen LogP contribution >= 0.6 is 34.5 Å². The molecule has 3 aromatic rings. The van der Waals surface area contributed by atoms with Crippen molar-refractivity contribution in [2.24, 2.45) is 0 Å². The Morgan fingerprint density at radius 2 is 1.70 bits per heavy atom. The Morgan fingerprint density at radius 3 is 2.26 bits per heavy atom. The average molecular weight is 431 g/mol. The van der Waals surface area contributed by atoms with Gasteiger partial charge in [0, 0.05) is 22.2 Å². The Bertz CT molecular complexity index is 938. The van der Waals surface area contributed by atoms with Gasteiger partial charge in [0.05, 0.1) is 16.8 Å². The molecule has 0 unspecified atom stereocenters.